The molecular formula is C26H30O10. The first-order valence-corrected chi connectivity index (χ1v) is 11.0. The zero-order chi connectivity index (χ0) is 26.8. The molecule has 0 aliphatic heterocycles. The molecule has 194 valence electrons. The van der Waals surface area contributed by atoms with Crippen molar-refractivity contribution in [3.05, 3.63) is 70.6 Å². The van der Waals surface area contributed by atoms with Crippen molar-refractivity contribution < 1.29 is 47.6 Å². The second-order valence-electron chi connectivity index (χ2n) is 7.78. The average molecular weight is 503 g/mol. The van der Waals surface area contributed by atoms with E-state index in [4.69, 9.17) is 28.4 Å². The molecule has 0 bridgehead atoms. The van der Waals surface area contributed by atoms with Crippen molar-refractivity contribution in [3.63, 3.8) is 0 Å². The molecule has 0 aromatic rings. The Morgan fingerprint density at radius 2 is 0.917 bits per heavy atom. The third-order valence-corrected chi connectivity index (χ3v) is 5.29. The van der Waals surface area contributed by atoms with Crippen LogP contribution in [0.25, 0.3) is 0 Å². The van der Waals surface area contributed by atoms with E-state index in [9.17, 15) is 19.2 Å². The maximum absolute atomic E-state index is 12.3. The molecule has 2 unspecified atom stereocenters. The van der Waals surface area contributed by atoms with E-state index in [-0.39, 0.29) is 36.3 Å². The Bertz CT molecular complexity index is 946. The molecule has 0 spiro atoms. The minimum atomic E-state index is -0.524. The number of allylic oxidation sites excluding steroid dienone is 6. The molecule has 10 heteroatoms. The summed E-state index contributed by atoms with van der Waals surface area (Å²) in [6, 6.07) is 0. The van der Waals surface area contributed by atoms with Crippen LogP contribution >= 0.6 is 0 Å². The summed E-state index contributed by atoms with van der Waals surface area (Å²) in [6.45, 7) is 2.44. The average Bonchev–Trinajstić information content (AvgIpc) is 2.85. The quantitative estimate of drug-likeness (QED) is 0.389. The van der Waals surface area contributed by atoms with Gasteiger partial charge in [-0.15, -0.1) is 0 Å². The number of rotatable bonds is 11. The maximum Gasteiger partial charge on any atom is 0.302 e. The van der Waals surface area contributed by atoms with E-state index in [2.05, 4.69) is 0 Å². The van der Waals surface area contributed by atoms with Gasteiger partial charge in [0.2, 0.25) is 0 Å². The van der Waals surface area contributed by atoms with Crippen molar-refractivity contribution in [2.75, 3.05) is 41.7 Å². The highest BCUT2D eigenvalue weighted by Crippen LogP contribution is 2.28. The van der Waals surface area contributed by atoms with Crippen molar-refractivity contribution in [3.8, 4) is 0 Å². The minimum Gasteiger partial charge on any atom is -0.492 e. The highest BCUT2D eigenvalue weighted by atomic mass is 16.5. The lowest BCUT2D eigenvalue weighted by Gasteiger charge is -2.24. The van der Waals surface area contributed by atoms with Crippen LogP contribution in [0.15, 0.2) is 70.6 Å². The summed E-state index contributed by atoms with van der Waals surface area (Å²) in [5.41, 5.74) is 1.12. The summed E-state index contributed by atoms with van der Waals surface area (Å²) >= 11 is 0. The Morgan fingerprint density at radius 3 is 1.14 bits per heavy atom. The highest BCUT2D eigenvalue weighted by molar-refractivity contribution is 6.08. The summed E-state index contributed by atoms with van der Waals surface area (Å²) in [7, 11) is 5.48. The molecule has 2 atom stereocenters. The third kappa shape index (κ3) is 7.46. The number of carbonyl (C=O) groups is 4. The standard InChI is InChI=1S/C26H30O10/c1-15(27)35-13-19(7-17-9-21(31-3)25(29)22(10-17)32-4)20(14-36-16(2)28)8-18-11-23(33-5)26(30)24(12-18)34-6/h7-12,19-20H,13-14H2,1-6H3. The molecule has 0 aromatic heterocycles. The number of ether oxygens (including phenoxy) is 6. The van der Waals surface area contributed by atoms with Gasteiger partial charge in [0.05, 0.1) is 41.7 Å². The summed E-state index contributed by atoms with van der Waals surface area (Å²) in [5.74, 6) is -2.55. The summed E-state index contributed by atoms with van der Waals surface area (Å²) in [4.78, 5) is 47.9. The van der Waals surface area contributed by atoms with Gasteiger partial charge < -0.3 is 28.4 Å². The number of ketones is 2. The number of methoxy groups -OCH3 is 4. The van der Waals surface area contributed by atoms with Crippen LogP contribution in [0.5, 0.6) is 0 Å². The number of carbonyl (C=O) groups excluding carboxylic acids is 4. The lowest BCUT2D eigenvalue weighted by atomic mass is 9.87. The zero-order valence-corrected chi connectivity index (χ0v) is 21.1. The molecule has 10 nitrogen and oxygen atoms in total. The van der Waals surface area contributed by atoms with E-state index in [0.717, 1.165) is 0 Å². The maximum atomic E-state index is 12.3. The predicted octanol–water partition coefficient (Wildman–Crippen LogP) is 2.48. The van der Waals surface area contributed by atoms with Crippen LogP contribution in [0.3, 0.4) is 0 Å². The van der Waals surface area contributed by atoms with Crippen LogP contribution in [0.4, 0.5) is 0 Å². The smallest absolute Gasteiger partial charge is 0.302 e. The number of hydrogen-bond acceptors (Lipinski definition) is 10. The van der Waals surface area contributed by atoms with E-state index >= 15 is 0 Å². The van der Waals surface area contributed by atoms with Crippen LogP contribution < -0.4 is 0 Å². The van der Waals surface area contributed by atoms with E-state index in [1.54, 1.807) is 12.2 Å². The lowest BCUT2D eigenvalue weighted by Crippen LogP contribution is -2.25. The first-order chi connectivity index (χ1) is 17.1. The van der Waals surface area contributed by atoms with Crippen molar-refractivity contribution >= 4 is 23.5 Å². The largest absolute Gasteiger partial charge is 0.492 e. The number of hydrogen-bond donors (Lipinski definition) is 0. The SMILES string of the molecule is COC1=CC(=CC(COC(C)=O)C(C=C2C=C(OC)C(=O)C(OC)=C2)COC(C)=O)C=C(OC)C1=O. The van der Waals surface area contributed by atoms with E-state index in [0.29, 0.717) is 11.1 Å². The molecule has 0 N–H and O–H groups in total. The summed E-state index contributed by atoms with van der Waals surface area (Å²) in [6.07, 6.45) is 9.65. The van der Waals surface area contributed by atoms with Crippen molar-refractivity contribution in [2.24, 2.45) is 11.8 Å². The van der Waals surface area contributed by atoms with Crippen molar-refractivity contribution in [1.82, 2.24) is 0 Å². The van der Waals surface area contributed by atoms with Crippen molar-refractivity contribution in [1.29, 1.82) is 0 Å². The first kappa shape index (κ1) is 28.2. The van der Waals surface area contributed by atoms with Crippen molar-refractivity contribution in [2.45, 2.75) is 13.8 Å². The van der Waals surface area contributed by atoms with Gasteiger partial charge in [-0.25, -0.2) is 0 Å². The fourth-order valence-corrected chi connectivity index (χ4v) is 3.50. The van der Waals surface area contributed by atoms with Gasteiger partial charge in [0.1, 0.15) is 0 Å². The van der Waals surface area contributed by atoms with Gasteiger partial charge in [0, 0.05) is 25.7 Å². The molecule has 0 saturated carbocycles. The molecule has 0 amide bonds. The molecule has 0 heterocycles. The van der Waals surface area contributed by atoms with E-state index in [1.165, 1.54) is 66.6 Å². The van der Waals surface area contributed by atoms with Gasteiger partial charge in [-0.05, 0) is 35.5 Å². The number of esters is 2. The molecule has 0 saturated heterocycles. The molecular weight excluding hydrogens is 472 g/mol. The molecule has 0 radical (unpaired) electrons. The first-order valence-electron chi connectivity index (χ1n) is 11.0. The van der Waals surface area contributed by atoms with Crippen LogP contribution in [0.2, 0.25) is 0 Å². The van der Waals surface area contributed by atoms with Gasteiger partial charge in [-0.1, -0.05) is 12.2 Å². The normalized spacial score (nSPS) is 16.9. The summed E-state index contributed by atoms with van der Waals surface area (Å²) < 4.78 is 31.3. The van der Waals surface area contributed by atoms with Gasteiger partial charge in [0.25, 0.3) is 11.6 Å². The Morgan fingerprint density at radius 1 is 0.639 bits per heavy atom. The van der Waals surface area contributed by atoms with Crippen LogP contribution in [-0.2, 0) is 47.6 Å². The molecule has 0 aromatic carbocycles. The van der Waals surface area contributed by atoms with Gasteiger partial charge in [-0.2, -0.15) is 0 Å². The monoisotopic (exact) mass is 502 g/mol. The highest BCUT2D eigenvalue weighted by Gasteiger charge is 2.27. The molecule has 2 rings (SSSR count). The molecule has 0 fully saturated rings. The topological polar surface area (TPSA) is 124 Å². The Balaban J connectivity index is 2.60. The second-order valence-corrected chi connectivity index (χ2v) is 7.78. The zero-order valence-electron chi connectivity index (χ0n) is 21.1. The predicted molar refractivity (Wildman–Crippen MR) is 127 cm³/mol. The second kappa shape index (κ2) is 13.1. The molecule has 2 aliphatic rings. The van der Waals surface area contributed by atoms with Gasteiger partial charge in [-0.3, -0.25) is 19.2 Å². The third-order valence-electron chi connectivity index (χ3n) is 5.29. The fraction of sp³-hybridized carbons (Fsp3) is 0.385. The Hall–Kier alpha value is -4.08. The Kier molecular flexibility index (Phi) is 10.3. The fourth-order valence-electron chi connectivity index (χ4n) is 3.50. The number of Topliss-reactive ketones (excluding diaryl/α,β-unsaturated/α-hetero) is 2. The van der Waals surface area contributed by atoms with Crippen LogP contribution in [-0.4, -0.2) is 65.2 Å². The van der Waals surface area contributed by atoms with Crippen LogP contribution in [0.1, 0.15) is 13.8 Å². The molecule has 2 aliphatic carbocycles. The van der Waals surface area contributed by atoms with E-state index < -0.39 is 35.3 Å². The van der Waals surface area contributed by atoms with Crippen LogP contribution in [0, 0.1) is 11.8 Å². The minimum absolute atomic E-state index is 0.0601. The summed E-state index contributed by atoms with van der Waals surface area (Å²) in [5, 5.41) is 0. The van der Waals surface area contributed by atoms with Gasteiger partial charge in [0.15, 0.2) is 23.0 Å². The van der Waals surface area contributed by atoms with Gasteiger partial charge >= 0.3 is 11.9 Å². The Labute approximate surface area is 209 Å². The lowest BCUT2D eigenvalue weighted by molar-refractivity contribution is -0.145. The van der Waals surface area contributed by atoms with E-state index in [1.807, 2.05) is 0 Å². The molecule has 36 heavy (non-hydrogen) atoms.